The van der Waals surface area contributed by atoms with Crippen LogP contribution in [0.4, 0.5) is 0 Å². The first-order chi connectivity index (χ1) is 13.5. The molecule has 7 heteroatoms. The maximum absolute atomic E-state index is 11.9. The number of piperidine rings is 1. The van der Waals surface area contributed by atoms with Gasteiger partial charge in [0.25, 0.3) is 0 Å². The van der Waals surface area contributed by atoms with E-state index in [9.17, 15) is 4.79 Å². The van der Waals surface area contributed by atoms with Crippen LogP contribution >= 0.6 is 0 Å². The summed E-state index contributed by atoms with van der Waals surface area (Å²) in [6.45, 7) is 16.1. The fourth-order valence-corrected chi connectivity index (χ4v) is 3.40. The molecule has 0 saturated carbocycles. The van der Waals surface area contributed by atoms with E-state index in [2.05, 4.69) is 48.5 Å². The standard InChI is InChI=1S/C21H43N5O2/c1-6-12-23-20(27)16-26-14-10-18(11-15-26)25-21(22-7-2)24-13-9-19(17(4)5)28-8-3/h17-19H,6-16H2,1-5H3,(H,23,27)(H2,22,24,25). The molecule has 1 heterocycles. The lowest BCUT2D eigenvalue weighted by Crippen LogP contribution is -2.50. The number of hydrogen-bond acceptors (Lipinski definition) is 4. The van der Waals surface area contributed by atoms with E-state index in [0.29, 0.717) is 18.5 Å². The van der Waals surface area contributed by atoms with Crippen LogP contribution in [0.1, 0.15) is 60.3 Å². The summed E-state index contributed by atoms with van der Waals surface area (Å²) in [6.07, 6.45) is 4.23. The lowest BCUT2D eigenvalue weighted by Gasteiger charge is -2.32. The Balaban J connectivity index is 2.40. The van der Waals surface area contributed by atoms with Crippen LogP contribution in [-0.2, 0) is 9.53 Å². The molecule has 1 aliphatic rings. The molecule has 0 spiro atoms. The highest BCUT2D eigenvalue weighted by atomic mass is 16.5. The van der Waals surface area contributed by atoms with E-state index >= 15 is 0 Å². The van der Waals surface area contributed by atoms with Crippen molar-refractivity contribution in [3.8, 4) is 0 Å². The maximum atomic E-state index is 11.9. The van der Waals surface area contributed by atoms with Gasteiger partial charge in [0.1, 0.15) is 0 Å². The van der Waals surface area contributed by atoms with E-state index in [4.69, 9.17) is 9.73 Å². The maximum Gasteiger partial charge on any atom is 0.234 e. The summed E-state index contributed by atoms with van der Waals surface area (Å²) in [5.74, 6) is 1.53. The van der Waals surface area contributed by atoms with Crippen molar-refractivity contribution in [2.45, 2.75) is 72.4 Å². The van der Waals surface area contributed by atoms with Crippen molar-refractivity contribution in [1.29, 1.82) is 0 Å². The van der Waals surface area contributed by atoms with Gasteiger partial charge < -0.3 is 20.7 Å². The average Bonchev–Trinajstić information content (AvgIpc) is 2.67. The third-order valence-corrected chi connectivity index (χ3v) is 5.02. The first-order valence-electron chi connectivity index (χ1n) is 11.2. The number of amides is 1. The van der Waals surface area contributed by atoms with Crippen molar-refractivity contribution in [3.63, 3.8) is 0 Å². The van der Waals surface area contributed by atoms with Gasteiger partial charge >= 0.3 is 0 Å². The van der Waals surface area contributed by atoms with Crippen LogP contribution in [0, 0.1) is 5.92 Å². The third-order valence-electron chi connectivity index (χ3n) is 5.02. The zero-order valence-corrected chi connectivity index (χ0v) is 18.7. The molecule has 164 valence electrons. The van der Waals surface area contributed by atoms with Crippen LogP contribution < -0.4 is 16.0 Å². The van der Waals surface area contributed by atoms with Crippen molar-refractivity contribution >= 4 is 11.9 Å². The van der Waals surface area contributed by atoms with Gasteiger partial charge in [-0.1, -0.05) is 20.8 Å². The fourth-order valence-electron chi connectivity index (χ4n) is 3.40. The second-order valence-corrected chi connectivity index (χ2v) is 7.83. The summed E-state index contributed by atoms with van der Waals surface area (Å²) in [4.78, 5) is 18.9. The van der Waals surface area contributed by atoms with Crippen molar-refractivity contribution in [2.24, 2.45) is 10.9 Å². The average molecular weight is 398 g/mol. The van der Waals surface area contributed by atoms with Gasteiger partial charge in [0, 0.05) is 45.4 Å². The first kappa shape index (κ1) is 24.7. The lowest BCUT2D eigenvalue weighted by atomic mass is 10.0. The minimum Gasteiger partial charge on any atom is -0.378 e. The van der Waals surface area contributed by atoms with E-state index in [0.717, 1.165) is 71.0 Å². The minimum atomic E-state index is 0.136. The molecule has 1 rings (SSSR count). The number of carbonyl (C=O) groups excluding carboxylic acids is 1. The highest BCUT2D eigenvalue weighted by Crippen LogP contribution is 2.12. The number of aliphatic imine (C=N–C) groups is 1. The van der Waals surface area contributed by atoms with Gasteiger partial charge in [0.2, 0.25) is 5.91 Å². The van der Waals surface area contributed by atoms with Crippen molar-refractivity contribution in [2.75, 3.05) is 45.9 Å². The zero-order chi connectivity index (χ0) is 20.8. The molecule has 1 aliphatic heterocycles. The normalized spacial score (nSPS) is 17.6. The summed E-state index contributed by atoms with van der Waals surface area (Å²) in [5, 5.41) is 9.88. The van der Waals surface area contributed by atoms with Crippen LogP contribution in [0.3, 0.4) is 0 Å². The van der Waals surface area contributed by atoms with Gasteiger partial charge in [-0.15, -0.1) is 0 Å². The van der Waals surface area contributed by atoms with Crippen molar-refractivity contribution in [3.05, 3.63) is 0 Å². The van der Waals surface area contributed by atoms with Gasteiger partial charge in [-0.05, 0) is 45.4 Å². The molecule has 0 bridgehead atoms. The van der Waals surface area contributed by atoms with Crippen molar-refractivity contribution < 1.29 is 9.53 Å². The number of carbonyl (C=O) groups is 1. The predicted molar refractivity (Wildman–Crippen MR) is 117 cm³/mol. The van der Waals surface area contributed by atoms with Gasteiger partial charge in [-0.2, -0.15) is 0 Å². The summed E-state index contributed by atoms with van der Waals surface area (Å²) < 4.78 is 5.81. The number of likely N-dealkylation sites (tertiary alicyclic amines) is 1. The predicted octanol–water partition coefficient (Wildman–Crippen LogP) is 1.98. The van der Waals surface area contributed by atoms with E-state index in [1.165, 1.54) is 0 Å². The first-order valence-corrected chi connectivity index (χ1v) is 11.2. The van der Waals surface area contributed by atoms with Crippen LogP contribution in [0.2, 0.25) is 0 Å². The summed E-state index contributed by atoms with van der Waals surface area (Å²) in [7, 11) is 0. The SMILES string of the molecule is CCCNC(=O)CN1CCC(NC(=NCCC(OCC)C(C)C)NCC)CC1. The minimum absolute atomic E-state index is 0.136. The number of rotatable bonds is 12. The molecule has 1 atom stereocenters. The molecule has 7 nitrogen and oxygen atoms in total. The van der Waals surface area contributed by atoms with Crippen LogP contribution in [0.25, 0.3) is 0 Å². The second kappa shape index (κ2) is 14.6. The molecular formula is C21H43N5O2. The molecule has 3 N–H and O–H groups in total. The Labute approximate surface area is 172 Å². The number of guanidine groups is 1. The quantitative estimate of drug-likeness (QED) is 0.347. The van der Waals surface area contributed by atoms with E-state index in [-0.39, 0.29) is 12.0 Å². The van der Waals surface area contributed by atoms with Crippen molar-refractivity contribution in [1.82, 2.24) is 20.9 Å². The Hall–Kier alpha value is -1.34. The fraction of sp³-hybridized carbons (Fsp3) is 0.905. The molecule has 0 radical (unpaired) electrons. The lowest BCUT2D eigenvalue weighted by molar-refractivity contribution is -0.122. The summed E-state index contributed by atoms with van der Waals surface area (Å²) >= 11 is 0. The molecular weight excluding hydrogens is 354 g/mol. The molecule has 0 aliphatic carbocycles. The number of nitrogens with zero attached hydrogens (tertiary/aromatic N) is 2. The largest absolute Gasteiger partial charge is 0.378 e. The molecule has 1 unspecified atom stereocenters. The summed E-state index contributed by atoms with van der Waals surface area (Å²) in [6, 6.07) is 0.403. The number of hydrogen-bond donors (Lipinski definition) is 3. The Kier molecular flexibility index (Phi) is 12.9. The molecule has 28 heavy (non-hydrogen) atoms. The Bertz CT molecular complexity index is 448. The molecule has 1 amide bonds. The number of ether oxygens (including phenoxy) is 1. The third kappa shape index (κ3) is 10.3. The van der Waals surface area contributed by atoms with Gasteiger partial charge in [0.15, 0.2) is 5.96 Å². The van der Waals surface area contributed by atoms with Crippen LogP contribution in [0.15, 0.2) is 4.99 Å². The summed E-state index contributed by atoms with van der Waals surface area (Å²) in [5.41, 5.74) is 0. The Morgan fingerprint density at radius 2 is 1.89 bits per heavy atom. The zero-order valence-electron chi connectivity index (χ0n) is 18.7. The van der Waals surface area contributed by atoms with Gasteiger partial charge in [-0.25, -0.2) is 0 Å². The van der Waals surface area contributed by atoms with Gasteiger partial charge in [-0.3, -0.25) is 14.7 Å². The Morgan fingerprint density at radius 1 is 1.18 bits per heavy atom. The topological polar surface area (TPSA) is 78.0 Å². The number of nitrogens with one attached hydrogen (secondary N) is 3. The monoisotopic (exact) mass is 397 g/mol. The highest BCUT2D eigenvalue weighted by Gasteiger charge is 2.21. The second-order valence-electron chi connectivity index (χ2n) is 7.83. The molecule has 0 aromatic carbocycles. The van der Waals surface area contributed by atoms with Crippen LogP contribution in [-0.4, -0.2) is 74.8 Å². The van der Waals surface area contributed by atoms with E-state index in [1.807, 2.05) is 6.92 Å². The Morgan fingerprint density at radius 3 is 2.46 bits per heavy atom. The molecule has 1 saturated heterocycles. The highest BCUT2D eigenvalue weighted by molar-refractivity contribution is 5.80. The van der Waals surface area contributed by atoms with Gasteiger partial charge in [0.05, 0.1) is 12.6 Å². The van der Waals surface area contributed by atoms with Crippen LogP contribution in [0.5, 0.6) is 0 Å². The molecule has 1 fully saturated rings. The molecule has 0 aromatic heterocycles. The molecule has 0 aromatic rings. The smallest absolute Gasteiger partial charge is 0.234 e. The van der Waals surface area contributed by atoms with E-state index < -0.39 is 0 Å². The van der Waals surface area contributed by atoms with E-state index in [1.54, 1.807) is 0 Å².